The molecule has 5 heteroatoms. The largest absolute Gasteiger partial charge is 0.502 e. The maximum absolute atomic E-state index is 13.3. The second kappa shape index (κ2) is 5.12. The Balaban J connectivity index is 2.36. The first-order chi connectivity index (χ1) is 8.58. The van der Waals surface area contributed by atoms with Gasteiger partial charge in [0.2, 0.25) is 0 Å². The number of ether oxygens (including phenoxy) is 1. The predicted molar refractivity (Wildman–Crippen MR) is 67.1 cm³/mol. The van der Waals surface area contributed by atoms with Gasteiger partial charge in [-0.3, -0.25) is 4.90 Å². The molecule has 4 nitrogen and oxygen atoms in total. The summed E-state index contributed by atoms with van der Waals surface area (Å²) < 4.78 is 18.4. The van der Waals surface area contributed by atoms with Crippen LogP contribution in [0.4, 0.5) is 4.39 Å². The molecule has 1 aromatic rings. The van der Waals surface area contributed by atoms with Crippen molar-refractivity contribution in [3.8, 4) is 11.5 Å². The van der Waals surface area contributed by atoms with E-state index >= 15 is 0 Å². The summed E-state index contributed by atoms with van der Waals surface area (Å²) in [7, 11) is 3.44. The van der Waals surface area contributed by atoms with Gasteiger partial charge in [0.1, 0.15) is 0 Å². The van der Waals surface area contributed by atoms with Crippen LogP contribution in [0.1, 0.15) is 18.0 Å². The molecule has 0 radical (unpaired) electrons. The molecule has 0 aromatic heterocycles. The minimum Gasteiger partial charge on any atom is -0.502 e. The Hall–Kier alpha value is -1.33. The van der Waals surface area contributed by atoms with Crippen molar-refractivity contribution in [3.05, 3.63) is 23.5 Å². The number of aromatic hydroxyl groups is 1. The number of nitrogens with two attached hydrogens (primary N) is 1. The minimum atomic E-state index is -0.661. The molecule has 0 aliphatic carbocycles. The number of phenols is 1. The molecular formula is C13H19FN2O2. The summed E-state index contributed by atoms with van der Waals surface area (Å²) in [4.78, 5) is 2.16. The number of methoxy groups -OCH3 is 1. The van der Waals surface area contributed by atoms with Crippen LogP contribution in [0, 0.1) is 11.7 Å². The van der Waals surface area contributed by atoms with Crippen molar-refractivity contribution in [2.45, 2.75) is 12.5 Å². The van der Waals surface area contributed by atoms with E-state index in [1.54, 1.807) is 6.07 Å². The molecule has 0 amide bonds. The van der Waals surface area contributed by atoms with Gasteiger partial charge in [-0.2, -0.15) is 0 Å². The quantitative estimate of drug-likeness (QED) is 0.858. The van der Waals surface area contributed by atoms with Crippen molar-refractivity contribution >= 4 is 0 Å². The van der Waals surface area contributed by atoms with Gasteiger partial charge in [0.25, 0.3) is 0 Å². The normalized spacial score (nSPS) is 24.4. The molecule has 100 valence electrons. The van der Waals surface area contributed by atoms with Crippen LogP contribution in [0.25, 0.3) is 0 Å². The van der Waals surface area contributed by atoms with Crippen LogP contribution in [0.5, 0.6) is 11.5 Å². The first-order valence-corrected chi connectivity index (χ1v) is 6.04. The number of rotatable bonds is 3. The molecule has 2 rings (SSSR count). The van der Waals surface area contributed by atoms with E-state index in [1.165, 1.54) is 13.2 Å². The van der Waals surface area contributed by atoms with Gasteiger partial charge in [0.05, 0.1) is 7.11 Å². The first kappa shape index (κ1) is 13.1. The third-order valence-corrected chi connectivity index (χ3v) is 3.64. The third kappa shape index (κ3) is 2.15. The highest BCUT2D eigenvalue weighted by molar-refractivity contribution is 5.48. The third-order valence-electron chi connectivity index (χ3n) is 3.64. The molecule has 1 heterocycles. The fourth-order valence-electron chi connectivity index (χ4n) is 2.68. The highest BCUT2D eigenvalue weighted by Crippen LogP contribution is 2.42. The van der Waals surface area contributed by atoms with Gasteiger partial charge >= 0.3 is 0 Å². The number of nitrogens with zero attached hydrogens (tertiary/aromatic N) is 1. The molecule has 1 saturated heterocycles. The maximum atomic E-state index is 13.3. The highest BCUT2D eigenvalue weighted by Gasteiger charge is 2.32. The van der Waals surface area contributed by atoms with E-state index in [2.05, 4.69) is 4.90 Å². The standard InChI is InChI=1S/C13H19FN2O2/c1-16-7-8(6-15)5-11(16)9-3-4-10(14)12(17)13(9)18-2/h3-4,8,11,17H,5-7,15H2,1-2H3. The number of hydrogen-bond acceptors (Lipinski definition) is 4. The number of benzene rings is 1. The Morgan fingerprint density at radius 2 is 2.28 bits per heavy atom. The van der Waals surface area contributed by atoms with Gasteiger partial charge < -0.3 is 15.6 Å². The monoisotopic (exact) mass is 254 g/mol. The van der Waals surface area contributed by atoms with Crippen LogP contribution in [-0.2, 0) is 0 Å². The molecule has 0 bridgehead atoms. The molecule has 1 fully saturated rings. The van der Waals surface area contributed by atoms with Gasteiger partial charge in [0.15, 0.2) is 17.3 Å². The lowest BCUT2D eigenvalue weighted by Crippen LogP contribution is -2.20. The van der Waals surface area contributed by atoms with Crippen molar-refractivity contribution in [2.75, 3.05) is 27.2 Å². The summed E-state index contributed by atoms with van der Waals surface area (Å²) in [5, 5.41) is 9.70. The maximum Gasteiger partial charge on any atom is 0.194 e. The molecular weight excluding hydrogens is 235 g/mol. The second-order valence-electron chi connectivity index (χ2n) is 4.81. The van der Waals surface area contributed by atoms with Crippen molar-refractivity contribution < 1.29 is 14.2 Å². The Labute approximate surface area is 106 Å². The Kier molecular flexibility index (Phi) is 3.73. The predicted octanol–water partition coefficient (Wildman–Crippen LogP) is 1.49. The van der Waals surface area contributed by atoms with Crippen LogP contribution in [0.2, 0.25) is 0 Å². The Bertz CT molecular complexity index is 439. The lowest BCUT2D eigenvalue weighted by atomic mass is 9.98. The highest BCUT2D eigenvalue weighted by atomic mass is 19.1. The molecule has 0 spiro atoms. The summed E-state index contributed by atoms with van der Waals surface area (Å²) >= 11 is 0. The van der Waals surface area contributed by atoms with E-state index in [0.717, 1.165) is 18.5 Å². The number of halogens is 1. The molecule has 1 aromatic carbocycles. The molecule has 2 unspecified atom stereocenters. The summed E-state index contributed by atoms with van der Waals surface area (Å²) in [6.45, 7) is 1.54. The van der Waals surface area contributed by atoms with Gasteiger partial charge in [0, 0.05) is 18.2 Å². The zero-order chi connectivity index (χ0) is 13.3. The van der Waals surface area contributed by atoms with E-state index in [-0.39, 0.29) is 11.8 Å². The van der Waals surface area contributed by atoms with E-state index < -0.39 is 11.6 Å². The summed E-state index contributed by atoms with van der Waals surface area (Å²) in [5.41, 5.74) is 6.51. The van der Waals surface area contributed by atoms with Crippen LogP contribution < -0.4 is 10.5 Å². The zero-order valence-electron chi connectivity index (χ0n) is 10.7. The molecule has 1 aliphatic rings. The lowest BCUT2D eigenvalue weighted by Gasteiger charge is -2.22. The topological polar surface area (TPSA) is 58.7 Å². The second-order valence-corrected chi connectivity index (χ2v) is 4.81. The number of hydrogen-bond donors (Lipinski definition) is 2. The summed E-state index contributed by atoms with van der Waals surface area (Å²) in [6, 6.07) is 3.06. The van der Waals surface area contributed by atoms with Crippen LogP contribution in [0.15, 0.2) is 12.1 Å². The van der Waals surface area contributed by atoms with Gasteiger partial charge in [-0.1, -0.05) is 6.07 Å². The van der Waals surface area contributed by atoms with Crippen molar-refractivity contribution in [1.82, 2.24) is 4.90 Å². The smallest absolute Gasteiger partial charge is 0.194 e. The average molecular weight is 254 g/mol. The SMILES string of the molecule is COc1c(C2CC(CN)CN2C)ccc(F)c1O. The van der Waals surface area contributed by atoms with Crippen LogP contribution in [0.3, 0.4) is 0 Å². The average Bonchev–Trinajstić information content (AvgIpc) is 2.74. The Morgan fingerprint density at radius 1 is 1.56 bits per heavy atom. The Morgan fingerprint density at radius 3 is 2.83 bits per heavy atom. The zero-order valence-corrected chi connectivity index (χ0v) is 10.7. The molecule has 0 saturated carbocycles. The van der Waals surface area contributed by atoms with E-state index in [1.807, 2.05) is 7.05 Å². The van der Waals surface area contributed by atoms with Crippen LogP contribution >= 0.6 is 0 Å². The fourth-order valence-corrected chi connectivity index (χ4v) is 2.68. The van der Waals surface area contributed by atoms with Crippen molar-refractivity contribution in [2.24, 2.45) is 11.7 Å². The van der Waals surface area contributed by atoms with E-state index in [9.17, 15) is 9.50 Å². The van der Waals surface area contributed by atoms with Crippen molar-refractivity contribution in [3.63, 3.8) is 0 Å². The summed E-state index contributed by atoms with van der Waals surface area (Å²) in [5.74, 6) is -0.423. The molecule has 18 heavy (non-hydrogen) atoms. The van der Waals surface area contributed by atoms with E-state index in [4.69, 9.17) is 10.5 Å². The van der Waals surface area contributed by atoms with Gasteiger partial charge in [-0.15, -0.1) is 0 Å². The lowest BCUT2D eigenvalue weighted by molar-refractivity contribution is 0.295. The van der Waals surface area contributed by atoms with Crippen LogP contribution in [-0.4, -0.2) is 37.3 Å². The minimum absolute atomic E-state index is 0.111. The molecule has 3 N–H and O–H groups in total. The molecule has 2 atom stereocenters. The van der Waals surface area contributed by atoms with Crippen molar-refractivity contribution in [1.29, 1.82) is 0 Å². The van der Waals surface area contributed by atoms with Gasteiger partial charge in [-0.25, -0.2) is 4.39 Å². The number of likely N-dealkylation sites (tertiary alicyclic amines) is 1. The van der Waals surface area contributed by atoms with Gasteiger partial charge in [-0.05, 0) is 32.0 Å². The number of phenolic OH excluding ortho intramolecular Hbond substituents is 1. The summed E-state index contributed by atoms with van der Waals surface area (Å²) in [6.07, 6.45) is 0.897. The molecule has 1 aliphatic heterocycles. The van der Waals surface area contributed by atoms with E-state index in [0.29, 0.717) is 12.5 Å². The first-order valence-electron chi connectivity index (χ1n) is 6.04. The fraction of sp³-hybridized carbons (Fsp3) is 0.538.